The Hall–Kier alpha value is -2.17. The highest BCUT2D eigenvalue weighted by Gasteiger charge is 2.60. The van der Waals surface area contributed by atoms with Gasteiger partial charge in [-0.15, -0.1) is 0 Å². The van der Waals surface area contributed by atoms with Crippen molar-refractivity contribution in [3.63, 3.8) is 0 Å². The molecule has 30 heavy (non-hydrogen) atoms. The Morgan fingerprint density at radius 3 is 2.43 bits per heavy atom. The number of rotatable bonds is 6. The van der Waals surface area contributed by atoms with E-state index in [1.165, 1.54) is 24.0 Å². The van der Waals surface area contributed by atoms with Gasteiger partial charge < -0.3 is 14.2 Å². The third-order valence-electron chi connectivity index (χ3n) is 4.72. The third kappa shape index (κ3) is 5.30. The van der Waals surface area contributed by atoms with Gasteiger partial charge in [-0.25, -0.2) is 4.79 Å². The number of epoxide rings is 1. The predicted octanol–water partition coefficient (Wildman–Crippen LogP) is 2.02. The van der Waals surface area contributed by atoms with Crippen LogP contribution in [-0.4, -0.2) is 68.5 Å². The SMILES string of the molecule is CC(=O)O[C@H](COS(=O)(=O)c1ccc(C)cc1)C1[C@@H]2O[C@@H]2CN1C(=O)OC(C)(C)C. The van der Waals surface area contributed by atoms with Crippen LogP contribution in [0, 0.1) is 6.92 Å². The van der Waals surface area contributed by atoms with Crippen molar-refractivity contribution in [2.45, 2.75) is 69.5 Å². The number of amides is 1. The van der Waals surface area contributed by atoms with Gasteiger partial charge in [0.15, 0.2) is 0 Å². The van der Waals surface area contributed by atoms with E-state index < -0.39 is 46.5 Å². The fourth-order valence-corrected chi connectivity index (χ4v) is 4.29. The Morgan fingerprint density at radius 1 is 1.23 bits per heavy atom. The fourth-order valence-electron chi connectivity index (χ4n) is 3.37. The number of aryl methyl sites for hydroxylation is 1. The van der Waals surface area contributed by atoms with E-state index >= 15 is 0 Å². The van der Waals surface area contributed by atoms with E-state index in [-0.39, 0.29) is 23.6 Å². The first-order chi connectivity index (χ1) is 13.9. The highest BCUT2D eigenvalue weighted by atomic mass is 32.2. The van der Waals surface area contributed by atoms with Crippen LogP contribution in [0.25, 0.3) is 0 Å². The highest BCUT2D eigenvalue weighted by molar-refractivity contribution is 7.86. The van der Waals surface area contributed by atoms with Gasteiger partial charge in [-0.3, -0.25) is 13.9 Å². The molecule has 1 amide bonds. The number of ether oxygens (including phenoxy) is 3. The smallest absolute Gasteiger partial charge is 0.410 e. The van der Waals surface area contributed by atoms with E-state index in [0.717, 1.165) is 5.56 Å². The lowest BCUT2D eigenvalue weighted by Gasteiger charge is -2.33. The molecule has 2 saturated heterocycles. The molecule has 0 spiro atoms. The molecule has 2 aliphatic heterocycles. The summed E-state index contributed by atoms with van der Waals surface area (Å²) in [5.41, 5.74) is 0.194. The fraction of sp³-hybridized carbons (Fsp3) is 0.600. The van der Waals surface area contributed by atoms with Gasteiger partial charge >= 0.3 is 12.1 Å². The van der Waals surface area contributed by atoms with Crippen LogP contribution in [-0.2, 0) is 33.3 Å². The molecule has 1 aromatic rings. The average Bonchev–Trinajstić information content (AvgIpc) is 3.27. The van der Waals surface area contributed by atoms with E-state index in [4.69, 9.17) is 18.4 Å². The second-order valence-electron chi connectivity index (χ2n) is 8.46. The summed E-state index contributed by atoms with van der Waals surface area (Å²) in [5, 5.41) is 0. The minimum absolute atomic E-state index is 0.00866. The summed E-state index contributed by atoms with van der Waals surface area (Å²) < 4.78 is 46.6. The zero-order valence-electron chi connectivity index (χ0n) is 17.7. The maximum Gasteiger partial charge on any atom is 0.410 e. The van der Waals surface area contributed by atoms with E-state index in [0.29, 0.717) is 0 Å². The second-order valence-corrected chi connectivity index (χ2v) is 10.1. The van der Waals surface area contributed by atoms with E-state index in [1.807, 2.05) is 6.92 Å². The van der Waals surface area contributed by atoms with Crippen LogP contribution in [0.3, 0.4) is 0 Å². The topological polar surface area (TPSA) is 112 Å². The lowest BCUT2D eigenvalue weighted by molar-refractivity contribution is -0.152. The molecule has 166 valence electrons. The van der Waals surface area contributed by atoms with Crippen molar-refractivity contribution >= 4 is 22.2 Å². The summed E-state index contributed by atoms with van der Waals surface area (Å²) >= 11 is 0. The molecule has 3 rings (SSSR count). The van der Waals surface area contributed by atoms with Gasteiger partial charge in [0.2, 0.25) is 0 Å². The maximum atomic E-state index is 12.6. The second kappa shape index (κ2) is 8.16. The van der Waals surface area contributed by atoms with Crippen molar-refractivity contribution in [2.75, 3.05) is 13.2 Å². The Morgan fingerprint density at radius 2 is 1.87 bits per heavy atom. The quantitative estimate of drug-likeness (QED) is 0.374. The van der Waals surface area contributed by atoms with Crippen molar-refractivity contribution in [3.05, 3.63) is 29.8 Å². The molecule has 0 aromatic heterocycles. The third-order valence-corrected chi connectivity index (χ3v) is 6.01. The minimum Gasteiger partial charge on any atom is -0.458 e. The number of morpholine rings is 1. The molecule has 2 fully saturated rings. The van der Waals surface area contributed by atoms with E-state index in [9.17, 15) is 18.0 Å². The standard InChI is InChI=1S/C20H27NO8S/c1-12-6-8-14(9-7-12)30(24,25)26-11-16(27-13(2)22)17-18-15(28-18)10-21(17)19(23)29-20(3,4)5/h6-9,15-18H,10-11H2,1-5H3/t15-,16-,17?,18-/m1/s1. The molecule has 1 unspecified atom stereocenters. The number of hydrogen-bond acceptors (Lipinski definition) is 8. The minimum atomic E-state index is -4.07. The van der Waals surface area contributed by atoms with Gasteiger partial charge in [-0.05, 0) is 39.8 Å². The summed E-state index contributed by atoms with van der Waals surface area (Å²) in [6.07, 6.45) is -2.18. The number of likely N-dealkylation sites (tertiary alicyclic amines) is 1. The molecule has 0 N–H and O–H groups in total. The number of nitrogens with zero attached hydrogens (tertiary/aromatic N) is 1. The van der Waals surface area contributed by atoms with Gasteiger partial charge in [0.05, 0.1) is 11.4 Å². The summed E-state index contributed by atoms with van der Waals surface area (Å²) in [4.78, 5) is 25.7. The molecule has 0 bridgehead atoms. The number of carbonyl (C=O) groups excluding carboxylic acids is 2. The van der Waals surface area contributed by atoms with Crippen LogP contribution < -0.4 is 0 Å². The summed E-state index contributed by atoms with van der Waals surface area (Å²) in [5.74, 6) is -0.621. The normalized spacial score (nSPS) is 24.2. The zero-order chi connectivity index (χ0) is 22.3. The molecular weight excluding hydrogens is 414 g/mol. The lowest BCUT2D eigenvalue weighted by Crippen LogP contribution is -2.51. The Balaban J connectivity index is 1.77. The zero-order valence-corrected chi connectivity index (χ0v) is 18.5. The Kier molecular flexibility index (Phi) is 6.13. The number of hydrogen-bond donors (Lipinski definition) is 0. The van der Waals surface area contributed by atoms with Gasteiger partial charge in [-0.2, -0.15) is 8.42 Å². The number of carbonyl (C=O) groups is 2. The van der Waals surface area contributed by atoms with Crippen LogP contribution in [0.2, 0.25) is 0 Å². The largest absolute Gasteiger partial charge is 0.458 e. The predicted molar refractivity (Wildman–Crippen MR) is 105 cm³/mol. The molecule has 10 heteroatoms. The van der Waals surface area contributed by atoms with Crippen molar-refractivity contribution in [1.82, 2.24) is 4.90 Å². The lowest BCUT2D eigenvalue weighted by atomic mass is 10.1. The molecule has 0 aliphatic carbocycles. The Bertz CT molecular complexity index is 906. The van der Waals surface area contributed by atoms with Gasteiger partial charge in [-0.1, -0.05) is 17.7 Å². The maximum absolute atomic E-state index is 12.6. The molecular formula is C20H27NO8S. The Labute approximate surface area is 176 Å². The molecule has 2 heterocycles. The number of esters is 1. The molecule has 1 aromatic carbocycles. The first kappa shape index (κ1) is 22.5. The van der Waals surface area contributed by atoms with Crippen LogP contribution in [0.5, 0.6) is 0 Å². The highest BCUT2D eigenvalue weighted by Crippen LogP contribution is 2.39. The molecule has 2 aliphatic rings. The number of fused-ring (bicyclic) bond motifs is 1. The van der Waals surface area contributed by atoms with E-state index in [2.05, 4.69) is 0 Å². The van der Waals surface area contributed by atoms with Crippen molar-refractivity contribution in [3.8, 4) is 0 Å². The molecule has 9 nitrogen and oxygen atoms in total. The van der Waals surface area contributed by atoms with E-state index in [1.54, 1.807) is 32.9 Å². The monoisotopic (exact) mass is 441 g/mol. The van der Waals surface area contributed by atoms with Crippen molar-refractivity contribution in [1.29, 1.82) is 0 Å². The average molecular weight is 442 g/mol. The van der Waals surface area contributed by atoms with Gasteiger partial charge in [0.1, 0.15) is 36.6 Å². The molecule has 4 atom stereocenters. The van der Waals surface area contributed by atoms with Crippen LogP contribution in [0.15, 0.2) is 29.2 Å². The van der Waals surface area contributed by atoms with Crippen molar-refractivity contribution < 1.29 is 36.4 Å². The molecule has 0 saturated carbocycles. The van der Waals surface area contributed by atoms with Gasteiger partial charge in [0, 0.05) is 6.92 Å². The van der Waals surface area contributed by atoms with Crippen molar-refractivity contribution in [2.24, 2.45) is 0 Å². The van der Waals surface area contributed by atoms with Gasteiger partial charge in [0.25, 0.3) is 10.1 Å². The molecule has 0 radical (unpaired) electrons. The first-order valence-electron chi connectivity index (χ1n) is 9.66. The van der Waals surface area contributed by atoms with Crippen LogP contribution >= 0.6 is 0 Å². The number of benzene rings is 1. The summed E-state index contributed by atoms with van der Waals surface area (Å²) in [6.45, 7) is 8.10. The summed E-state index contributed by atoms with van der Waals surface area (Å²) in [7, 11) is -4.07. The van der Waals surface area contributed by atoms with Crippen LogP contribution in [0.1, 0.15) is 33.3 Å². The van der Waals surface area contributed by atoms with Crippen LogP contribution in [0.4, 0.5) is 4.79 Å². The summed E-state index contributed by atoms with van der Waals surface area (Å²) in [6, 6.07) is 5.48. The first-order valence-corrected chi connectivity index (χ1v) is 11.1.